The Bertz CT molecular complexity index is 491. The van der Waals surface area contributed by atoms with Crippen LogP contribution in [0.1, 0.15) is 155 Å². The molecule has 4 saturated carbocycles. The van der Waals surface area contributed by atoms with E-state index in [1.54, 1.807) is 51.4 Å². The Kier molecular flexibility index (Phi) is 20.1. The van der Waals surface area contributed by atoms with Gasteiger partial charge in [-0.15, -0.1) is 0 Å². The number of hydrogen-bond donors (Lipinski definition) is 0. The van der Waals surface area contributed by atoms with Crippen molar-refractivity contribution in [2.75, 3.05) is 12.3 Å². The zero-order valence-corrected chi connectivity index (χ0v) is 28.1. The van der Waals surface area contributed by atoms with E-state index >= 15 is 0 Å². The maximum Gasteiger partial charge on any atom is 0 e. The average Bonchev–Trinajstić information content (AvgIpc) is 2.96. The summed E-state index contributed by atoms with van der Waals surface area (Å²) in [5.74, 6) is 0. The Morgan fingerprint density at radius 3 is 0.865 bits per heavy atom. The van der Waals surface area contributed by atoms with E-state index in [0.29, 0.717) is 15.8 Å². The van der Waals surface area contributed by atoms with Crippen LogP contribution in [0.4, 0.5) is 0 Å². The molecule has 4 aliphatic carbocycles. The summed E-state index contributed by atoms with van der Waals surface area (Å²) >= 11 is 0. The van der Waals surface area contributed by atoms with Gasteiger partial charge in [0.1, 0.15) is 0 Å². The van der Waals surface area contributed by atoms with Gasteiger partial charge in [0.2, 0.25) is 0 Å². The fraction of sp³-hybridized carbons (Fsp3) is 0.882. The summed E-state index contributed by atoms with van der Waals surface area (Å²) in [6, 6.07) is 0. The van der Waals surface area contributed by atoms with Gasteiger partial charge in [-0.25, -0.2) is 0 Å². The summed E-state index contributed by atoms with van der Waals surface area (Å²) in [5.41, 5.74) is 4.49. The molecule has 0 unspecified atom stereocenters. The number of hydrogen-bond acceptors (Lipinski definition) is 0. The van der Waals surface area contributed by atoms with Gasteiger partial charge in [0.05, 0.1) is 0 Å². The topological polar surface area (TPSA) is 0 Å². The third kappa shape index (κ3) is 13.0. The van der Waals surface area contributed by atoms with E-state index in [1.165, 1.54) is 102 Å². The molecule has 0 aromatic rings. The molecule has 0 heterocycles. The second kappa shape index (κ2) is 21.7. The quantitative estimate of drug-likeness (QED) is 0.127. The fourth-order valence-corrected chi connectivity index (χ4v) is 14.9. The van der Waals surface area contributed by atoms with Crippen LogP contribution in [0.3, 0.4) is 0 Å². The standard InChI is InChI=1S/2C17H31P.Pd/c2*1-2-3-10-15-18(16-11-6-4-7-12-16)17-13-8-5-9-14-17;/h2*3,10,16-17H,2,4-9,11-15H2,1H3;. The first-order valence-electron chi connectivity index (χ1n) is 16.6. The van der Waals surface area contributed by atoms with Gasteiger partial charge in [0.25, 0.3) is 0 Å². The maximum atomic E-state index is 2.52. The summed E-state index contributed by atoms with van der Waals surface area (Å²) < 4.78 is 0. The molecule has 0 saturated heterocycles. The van der Waals surface area contributed by atoms with Crippen molar-refractivity contribution in [3.63, 3.8) is 0 Å². The minimum absolute atomic E-state index is 0. The predicted octanol–water partition coefficient (Wildman–Crippen LogP) is 12.2. The summed E-state index contributed by atoms with van der Waals surface area (Å²) in [6.45, 7) is 4.53. The van der Waals surface area contributed by atoms with Crippen molar-refractivity contribution in [3.05, 3.63) is 24.3 Å². The molecule has 4 aliphatic rings. The second-order valence-electron chi connectivity index (χ2n) is 12.3. The molecule has 0 aliphatic heterocycles. The van der Waals surface area contributed by atoms with Crippen LogP contribution < -0.4 is 0 Å². The fourth-order valence-electron chi connectivity index (χ4n) is 7.57. The molecule has 0 aromatic heterocycles. The Labute approximate surface area is 249 Å². The minimum Gasteiger partial charge on any atom is -0.0965 e. The molecule has 0 spiro atoms. The van der Waals surface area contributed by atoms with Crippen molar-refractivity contribution >= 4 is 15.8 Å². The van der Waals surface area contributed by atoms with Crippen LogP contribution in [0.15, 0.2) is 24.3 Å². The molecule has 218 valence electrons. The van der Waals surface area contributed by atoms with Gasteiger partial charge < -0.3 is 0 Å². The maximum absolute atomic E-state index is 2.52. The van der Waals surface area contributed by atoms with Crippen LogP contribution in [-0.2, 0) is 20.4 Å². The summed E-state index contributed by atoms with van der Waals surface area (Å²) in [4.78, 5) is 0. The number of rotatable bonds is 10. The Balaban J connectivity index is 0.000000253. The smallest absolute Gasteiger partial charge is 0 e. The Hall–Kier alpha value is 1.00. The van der Waals surface area contributed by atoms with Crippen molar-refractivity contribution in [1.82, 2.24) is 0 Å². The summed E-state index contributed by atoms with van der Waals surface area (Å²) in [7, 11) is 0.609. The van der Waals surface area contributed by atoms with Crippen molar-refractivity contribution in [2.24, 2.45) is 0 Å². The molecule has 3 heteroatoms. The SMILES string of the molecule is CCC=CCP(C1CCCCC1)C1CCCCC1.CCC=CCP(C1CCCCC1)C1CCCCC1.[Pd]. The van der Waals surface area contributed by atoms with Crippen molar-refractivity contribution in [2.45, 2.75) is 178 Å². The Morgan fingerprint density at radius 1 is 0.405 bits per heavy atom. The molecule has 0 radical (unpaired) electrons. The van der Waals surface area contributed by atoms with Crippen LogP contribution in [0.5, 0.6) is 0 Å². The normalized spacial score (nSPS) is 23.5. The van der Waals surface area contributed by atoms with E-state index in [2.05, 4.69) is 38.2 Å². The average molecular weight is 639 g/mol. The molecule has 0 N–H and O–H groups in total. The zero-order valence-electron chi connectivity index (χ0n) is 24.8. The minimum atomic E-state index is 0. The van der Waals surface area contributed by atoms with Crippen molar-refractivity contribution < 1.29 is 20.4 Å². The predicted molar refractivity (Wildman–Crippen MR) is 170 cm³/mol. The van der Waals surface area contributed by atoms with E-state index in [4.69, 9.17) is 0 Å². The first-order valence-corrected chi connectivity index (χ1v) is 20.0. The van der Waals surface area contributed by atoms with Crippen LogP contribution in [0.2, 0.25) is 0 Å². The van der Waals surface area contributed by atoms with Crippen molar-refractivity contribution in [3.8, 4) is 0 Å². The van der Waals surface area contributed by atoms with Crippen molar-refractivity contribution in [1.29, 1.82) is 0 Å². The van der Waals surface area contributed by atoms with Gasteiger partial charge in [0.15, 0.2) is 0 Å². The van der Waals surface area contributed by atoms with Gasteiger partial charge in [-0.3, -0.25) is 0 Å². The molecule has 0 nitrogen and oxygen atoms in total. The molecule has 37 heavy (non-hydrogen) atoms. The van der Waals surface area contributed by atoms with Gasteiger partial charge in [-0.05, 0) is 99.2 Å². The molecular weight excluding hydrogens is 577 g/mol. The van der Waals surface area contributed by atoms with Gasteiger partial charge >= 0.3 is 0 Å². The van der Waals surface area contributed by atoms with E-state index in [0.717, 1.165) is 22.6 Å². The molecule has 0 bridgehead atoms. The molecular formula is C34H62P2Pd. The Morgan fingerprint density at radius 2 is 0.649 bits per heavy atom. The molecule has 0 amide bonds. The third-order valence-corrected chi connectivity index (χ3v) is 16.7. The molecule has 4 rings (SSSR count). The largest absolute Gasteiger partial charge is 0.0965 e. The molecule has 4 fully saturated rings. The van der Waals surface area contributed by atoms with Gasteiger partial charge in [-0.1, -0.05) is 131 Å². The molecule has 0 aromatic carbocycles. The van der Waals surface area contributed by atoms with E-state index < -0.39 is 0 Å². The van der Waals surface area contributed by atoms with E-state index in [1.807, 2.05) is 0 Å². The monoisotopic (exact) mass is 638 g/mol. The first-order chi connectivity index (χ1) is 17.8. The van der Waals surface area contributed by atoms with E-state index in [-0.39, 0.29) is 20.4 Å². The number of allylic oxidation sites excluding steroid dienone is 4. The summed E-state index contributed by atoms with van der Waals surface area (Å²) in [5, 5.41) is 0. The second-order valence-corrected chi connectivity index (χ2v) is 18.0. The molecule has 0 atom stereocenters. The summed E-state index contributed by atoms with van der Waals surface area (Å²) in [6.07, 6.45) is 45.9. The van der Waals surface area contributed by atoms with Gasteiger partial charge in [0, 0.05) is 20.4 Å². The van der Waals surface area contributed by atoms with Crippen LogP contribution in [0.25, 0.3) is 0 Å². The van der Waals surface area contributed by atoms with Crippen LogP contribution in [0, 0.1) is 0 Å². The van der Waals surface area contributed by atoms with Crippen LogP contribution in [-0.4, -0.2) is 35.0 Å². The first kappa shape index (κ1) is 34.2. The third-order valence-electron chi connectivity index (χ3n) is 9.61. The van der Waals surface area contributed by atoms with Crippen LogP contribution >= 0.6 is 15.8 Å². The van der Waals surface area contributed by atoms with E-state index in [9.17, 15) is 0 Å². The van der Waals surface area contributed by atoms with Gasteiger partial charge in [-0.2, -0.15) is 0 Å². The zero-order chi connectivity index (χ0) is 25.3.